The summed E-state index contributed by atoms with van der Waals surface area (Å²) in [6.45, 7) is 4.20. The summed E-state index contributed by atoms with van der Waals surface area (Å²) < 4.78 is 10.5. The molecule has 0 unspecified atom stereocenters. The third-order valence-electron chi connectivity index (χ3n) is 6.21. The largest absolute Gasteiger partial charge is 0.481 e. The van der Waals surface area contributed by atoms with Gasteiger partial charge in [-0.05, 0) is 48.8 Å². The second-order valence-corrected chi connectivity index (χ2v) is 8.30. The summed E-state index contributed by atoms with van der Waals surface area (Å²) in [5, 5.41) is 12.5. The second-order valence-electron chi connectivity index (χ2n) is 8.30. The van der Waals surface area contributed by atoms with Crippen LogP contribution in [0.5, 0.6) is 11.8 Å². The van der Waals surface area contributed by atoms with E-state index in [0.29, 0.717) is 37.3 Å². The van der Waals surface area contributed by atoms with E-state index in [1.807, 2.05) is 24.3 Å². The molecule has 2 aromatic rings. The Bertz CT molecular complexity index is 949. The van der Waals surface area contributed by atoms with Gasteiger partial charge in [-0.25, -0.2) is 0 Å². The highest BCUT2D eigenvalue weighted by Crippen LogP contribution is 2.45. The number of carboxylic acid groups (broad SMARTS) is 1. The molecule has 1 fully saturated rings. The lowest BCUT2D eigenvalue weighted by Gasteiger charge is -2.40. The van der Waals surface area contributed by atoms with Crippen LogP contribution in [0.15, 0.2) is 36.4 Å². The summed E-state index contributed by atoms with van der Waals surface area (Å²) in [5.74, 6) is -0.516. The summed E-state index contributed by atoms with van der Waals surface area (Å²) in [7, 11) is 3.00. The van der Waals surface area contributed by atoms with Crippen molar-refractivity contribution in [1.29, 1.82) is 0 Å². The van der Waals surface area contributed by atoms with Crippen molar-refractivity contribution in [1.82, 2.24) is 4.98 Å². The number of ether oxygens (including phenoxy) is 2. The molecule has 1 aliphatic rings. The molecule has 0 radical (unpaired) electrons. The van der Waals surface area contributed by atoms with Crippen molar-refractivity contribution < 1.29 is 24.2 Å². The standard InChI is InChI=1S/C24H30N2O5/c1-15(2)17-7-5-6-8-18(17)24(13-11-16(12-14-24)22(27)28)23(29)25-19-9-10-20(30-3)26-21(19)31-4/h5-10,15-16H,11-14H2,1-4H3,(H,25,29)(H,27,28)/t16-,24+. The number of methoxy groups -OCH3 is 2. The van der Waals surface area contributed by atoms with Crippen LogP contribution >= 0.6 is 0 Å². The molecule has 1 aliphatic carbocycles. The first-order valence-electron chi connectivity index (χ1n) is 10.5. The maximum atomic E-state index is 13.8. The van der Waals surface area contributed by atoms with Crippen molar-refractivity contribution in [3.63, 3.8) is 0 Å². The molecule has 0 spiro atoms. The molecule has 1 amide bonds. The fourth-order valence-corrected chi connectivity index (χ4v) is 4.44. The minimum atomic E-state index is -0.822. The van der Waals surface area contributed by atoms with Gasteiger partial charge >= 0.3 is 5.97 Å². The average molecular weight is 427 g/mol. The highest BCUT2D eigenvalue weighted by molar-refractivity contribution is 6.00. The van der Waals surface area contributed by atoms with Gasteiger partial charge in [-0.1, -0.05) is 38.1 Å². The number of aliphatic carboxylic acids is 1. The Kier molecular flexibility index (Phi) is 6.83. The van der Waals surface area contributed by atoms with Crippen LogP contribution in [-0.4, -0.2) is 36.2 Å². The third-order valence-corrected chi connectivity index (χ3v) is 6.21. The summed E-state index contributed by atoms with van der Waals surface area (Å²) in [6.07, 6.45) is 1.83. The van der Waals surface area contributed by atoms with Gasteiger partial charge < -0.3 is 19.9 Å². The lowest BCUT2D eigenvalue weighted by atomic mass is 9.64. The number of carbonyl (C=O) groups excluding carboxylic acids is 1. The summed E-state index contributed by atoms with van der Waals surface area (Å²) in [6, 6.07) is 11.3. The smallest absolute Gasteiger partial charge is 0.306 e. The number of rotatable bonds is 7. The zero-order chi connectivity index (χ0) is 22.6. The van der Waals surface area contributed by atoms with Crippen molar-refractivity contribution >= 4 is 17.6 Å². The van der Waals surface area contributed by atoms with Crippen LogP contribution in [0.3, 0.4) is 0 Å². The molecule has 0 aliphatic heterocycles. The maximum Gasteiger partial charge on any atom is 0.306 e. The van der Waals surface area contributed by atoms with Gasteiger partial charge in [0.2, 0.25) is 17.7 Å². The van der Waals surface area contributed by atoms with Gasteiger partial charge in [0.1, 0.15) is 5.69 Å². The Balaban J connectivity index is 2.02. The van der Waals surface area contributed by atoms with Gasteiger partial charge in [0.05, 0.1) is 25.6 Å². The number of carbonyl (C=O) groups is 2. The Morgan fingerprint density at radius 2 is 1.77 bits per heavy atom. The maximum absolute atomic E-state index is 13.8. The van der Waals surface area contributed by atoms with Crippen LogP contribution < -0.4 is 14.8 Å². The van der Waals surface area contributed by atoms with Gasteiger partial charge in [0.15, 0.2) is 0 Å². The quantitative estimate of drug-likeness (QED) is 0.682. The van der Waals surface area contributed by atoms with E-state index in [-0.39, 0.29) is 17.7 Å². The highest BCUT2D eigenvalue weighted by Gasteiger charge is 2.46. The zero-order valence-electron chi connectivity index (χ0n) is 18.5. The van der Waals surface area contributed by atoms with E-state index in [1.54, 1.807) is 12.1 Å². The van der Waals surface area contributed by atoms with E-state index in [2.05, 4.69) is 24.1 Å². The minimum absolute atomic E-state index is 0.172. The Morgan fingerprint density at radius 3 is 2.35 bits per heavy atom. The van der Waals surface area contributed by atoms with E-state index in [4.69, 9.17) is 9.47 Å². The van der Waals surface area contributed by atoms with E-state index < -0.39 is 17.3 Å². The lowest BCUT2D eigenvalue weighted by Crippen LogP contribution is -2.45. The van der Waals surface area contributed by atoms with Gasteiger partial charge in [0.25, 0.3) is 0 Å². The molecule has 3 rings (SSSR count). The van der Waals surface area contributed by atoms with Gasteiger partial charge in [-0.3, -0.25) is 9.59 Å². The predicted octanol–water partition coefficient (Wildman–Crippen LogP) is 4.37. The summed E-state index contributed by atoms with van der Waals surface area (Å²) >= 11 is 0. The number of aromatic nitrogens is 1. The molecule has 1 heterocycles. The number of pyridine rings is 1. The third kappa shape index (κ3) is 4.50. The van der Waals surface area contributed by atoms with Crippen molar-refractivity contribution in [3.05, 3.63) is 47.5 Å². The minimum Gasteiger partial charge on any atom is -0.481 e. The van der Waals surface area contributed by atoms with Gasteiger partial charge in [-0.2, -0.15) is 4.98 Å². The van der Waals surface area contributed by atoms with Gasteiger partial charge in [0, 0.05) is 6.07 Å². The topological polar surface area (TPSA) is 97.8 Å². The van der Waals surface area contributed by atoms with Crippen LogP contribution in [0.2, 0.25) is 0 Å². The lowest BCUT2D eigenvalue weighted by molar-refractivity contribution is -0.144. The Morgan fingerprint density at radius 1 is 1.10 bits per heavy atom. The molecule has 0 bridgehead atoms. The first-order valence-corrected chi connectivity index (χ1v) is 10.5. The van der Waals surface area contributed by atoms with Crippen LogP contribution in [-0.2, 0) is 15.0 Å². The van der Waals surface area contributed by atoms with Crippen molar-refractivity contribution in [2.45, 2.75) is 50.9 Å². The number of benzene rings is 1. The van der Waals surface area contributed by atoms with Crippen LogP contribution in [0.4, 0.5) is 5.69 Å². The summed E-state index contributed by atoms with van der Waals surface area (Å²) in [4.78, 5) is 29.6. The number of carboxylic acids is 1. The fourth-order valence-electron chi connectivity index (χ4n) is 4.44. The molecule has 1 saturated carbocycles. The van der Waals surface area contributed by atoms with E-state index in [1.165, 1.54) is 14.2 Å². The van der Waals surface area contributed by atoms with Crippen molar-refractivity contribution in [2.75, 3.05) is 19.5 Å². The molecule has 1 aromatic carbocycles. The average Bonchev–Trinajstić information content (AvgIpc) is 2.79. The van der Waals surface area contributed by atoms with Crippen LogP contribution in [0, 0.1) is 5.92 Å². The molecular weight excluding hydrogens is 396 g/mol. The van der Waals surface area contributed by atoms with Crippen molar-refractivity contribution in [3.8, 4) is 11.8 Å². The van der Waals surface area contributed by atoms with Crippen LogP contribution in [0.25, 0.3) is 0 Å². The molecule has 166 valence electrons. The molecular formula is C24H30N2O5. The number of hydrogen-bond acceptors (Lipinski definition) is 5. The molecule has 1 aromatic heterocycles. The van der Waals surface area contributed by atoms with Crippen molar-refractivity contribution in [2.24, 2.45) is 5.92 Å². The molecule has 31 heavy (non-hydrogen) atoms. The van der Waals surface area contributed by atoms with E-state index in [0.717, 1.165) is 11.1 Å². The number of amides is 1. The first kappa shape index (κ1) is 22.6. The highest BCUT2D eigenvalue weighted by atomic mass is 16.5. The fraction of sp³-hybridized carbons (Fsp3) is 0.458. The predicted molar refractivity (Wildman–Crippen MR) is 118 cm³/mol. The Hall–Kier alpha value is -3.09. The molecule has 0 saturated heterocycles. The molecule has 2 N–H and O–H groups in total. The number of hydrogen-bond donors (Lipinski definition) is 2. The first-order chi connectivity index (χ1) is 14.8. The molecule has 7 heteroatoms. The number of nitrogens with zero attached hydrogens (tertiary/aromatic N) is 1. The van der Waals surface area contributed by atoms with Gasteiger partial charge in [-0.15, -0.1) is 0 Å². The molecule has 0 atom stereocenters. The number of nitrogens with one attached hydrogen (secondary N) is 1. The zero-order valence-corrected chi connectivity index (χ0v) is 18.5. The Labute approximate surface area is 182 Å². The second kappa shape index (κ2) is 9.37. The normalized spacial score (nSPS) is 20.9. The van der Waals surface area contributed by atoms with E-state index >= 15 is 0 Å². The molecule has 7 nitrogen and oxygen atoms in total. The van der Waals surface area contributed by atoms with E-state index in [9.17, 15) is 14.7 Å². The summed E-state index contributed by atoms with van der Waals surface area (Å²) in [5.41, 5.74) is 1.70. The SMILES string of the molecule is COc1ccc(NC(=O)[C@]2(c3ccccc3C(C)C)CC[C@H](C(=O)O)CC2)c(OC)n1. The monoisotopic (exact) mass is 426 g/mol. The van der Waals surface area contributed by atoms with Crippen LogP contribution in [0.1, 0.15) is 56.6 Å². The number of anilines is 1.